The number of hydrogen-bond donors (Lipinski definition) is 3. The van der Waals surface area contributed by atoms with Gasteiger partial charge >= 0.3 is 0 Å². The molecule has 2 heterocycles. The van der Waals surface area contributed by atoms with Gasteiger partial charge in [-0.3, -0.25) is 4.79 Å². The molecule has 0 unspecified atom stereocenters. The Bertz CT molecular complexity index is 681. The third-order valence-corrected chi connectivity index (χ3v) is 7.43. The van der Waals surface area contributed by atoms with Crippen LogP contribution in [0.1, 0.15) is 36.2 Å². The molecule has 3 rings (SSSR count). The highest BCUT2D eigenvalue weighted by Crippen LogP contribution is 2.21. The van der Waals surface area contributed by atoms with Crippen molar-refractivity contribution in [2.45, 2.75) is 42.7 Å². The molecule has 2 aliphatic rings. The Morgan fingerprint density at radius 2 is 1.88 bits per heavy atom. The maximum absolute atomic E-state index is 12.6. The van der Waals surface area contributed by atoms with Gasteiger partial charge in [-0.1, -0.05) is 0 Å². The number of carbonyl (C=O) groups is 1. The SMILES string of the molecule is Cl.NC1CCC(NC(=O)c2cc(S(=O)(=O)N3CCSCC3)c[nH]2)CC1. The highest BCUT2D eigenvalue weighted by molar-refractivity contribution is 7.99. The van der Waals surface area contributed by atoms with Gasteiger partial charge in [0.1, 0.15) is 10.6 Å². The van der Waals surface area contributed by atoms with Gasteiger partial charge in [0.2, 0.25) is 10.0 Å². The van der Waals surface area contributed by atoms with E-state index < -0.39 is 10.0 Å². The second kappa shape index (κ2) is 8.77. The quantitative estimate of drug-likeness (QED) is 0.693. The number of rotatable bonds is 4. The zero-order valence-electron chi connectivity index (χ0n) is 13.9. The van der Waals surface area contributed by atoms with Gasteiger partial charge in [0.05, 0.1) is 0 Å². The minimum atomic E-state index is -3.52. The van der Waals surface area contributed by atoms with E-state index in [4.69, 9.17) is 5.73 Å². The van der Waals surface area contributed by atoms with Crippen LogP contribution in [0.25, 0.3) is 0 Å². The fraction of sp³-hybridized carbons (Fsp3) is 0.667. The zero-order chi connectivity index (χ0) is 17.2. The van der Waals surface area contributed by atoms with Crippen molar-refractivity contribution in [3.05, 3.63) is 18.0 Å². The third-order valence-electron chi connectivity index (χ3n) is 4.62. The van der Waals surface area contributed by atoms with E-state index in [0.717, 1.165) is 37.2 Å². The topological polar surface area (TPSA) is 108 Å². The summed E-state index contributed by atoms with van der Waals surface area (Å²) < 4.78 is 26.7. The molecule has 1 aliphatic heterocycles. The van der Waals surface area contributed by atoms with Gasteiger partial charge in [0, 0.05) is 42.9 Å². The molecule has 0 atom stereocenters. The second-order valence-electron chi connectivity index (χ2n) is 6.35. The summed E-state index contributed by atoms with van der Waals surface area (Å²) in [4.78, 5) is 15.3. The predicted molar refractivity (Wildman–Crippen MR) is 102 cm³/mol. The van der Waals surface area contributed by atoms with E-state index in [1.165, 1.54) is 16.6 Å². The van der Waals surface area contributed by atoms with Gasteiger partial charge in [-0.25, -0.2) is 8.42 Å². The van der Waals surface area contributed by atoms with Crippen molar-refractivity contribution in [2.24, 2.45) is 5.73 Å². The number of sulfonamides is 1. The molecule has 0 radical (unpaired) electrons. The average Bonchev–Trinajstić information content (AvgIpc) is 3.09. The summed E-state index contributed by atoms with van der Waals surface area (Å²) in [6.07, 6.45) is 4.95. The van der Waals surface area contributed by atoms with Gasteiger partial charge in [0.15, 0.2) is 0 Å². The summed E-state index contributed by atoms with van der Waals surface area (Å²) in [7, 11) is -3.52. The summed E-state index contributed by atoms with van der Waals surface area (Å²) in [5.41, 5.74) is 6.16. The molecule has 1 amide bonds. The van der Waals surface area contributed by atoms with Crippen LogP contribution in [0.15, 0.2) is 17.2 Å². The van der Waals surface area contributed by atoms with Gasteiger partial charge < -0.3 is 16.0 Å². The average molecular weight is 409 g/mol. The lowest BCUT2D eigenvalue weighted by molar-refractivity contribution is 0.0921. The maximum Gasteiger partial charge on any atom is 0.267 e. The lowest BCUT2D eigenvalue weighted by Gasteiger charge is -2.26. The Balaban J connectivity index is 0.00000225. The molecule has 0 aromatic carbocycles. The molecule has 4 N–H and O–H groups in total. The van der Waals surface area contributed by atoms with Gasteiger partial charge in [-0.15, -0.1) is 12.4 Å². The number of amides is 1. The smallest absolute Gasteiger partial charge is 0.267 e. The van der Waals surface area contributed by atoms with Crippen LogP contribution in [0.4, 0.5) is 0 Å². The Hall–Kier alpha value is -0.740. The standard InChI is InChI=1S/C15H24N4O3S2.ClH/c16-11-1-3-12(4-2-11)18-15(20)14-9-13(10-17-14)24(21,22)19-5-7-23-8-6-19;/h9-12,17H,1-8,16H2,(H,18,20);1H. The molecule has 1 aromatic rings. The Labute approximate surface area is 158 Å². The van der Waals surface area contributed by atoms with E-state index in [2.05, 4.69) is 10.3 Å². The summed E-state index contributed by atoms with van der Waals surface area (Å²) in [6, 6.07) is 1.77. The van der Waals surface area contributed by atoms with E-state index in [1.807, 2.05) is 0 Å². The molecule has 1 saturated heterocycles. The van der Waals surface area contributed by atoms with Crippen molar-refractivity contribution in [3.8, 4) is 0 Å². The first-order chi connectivity index (χ1) is 11.5. The fourth-order valence-corrected chi connectivity index (χ4v) is 5.69. The van der Waals surface area contributed by atoms with E-state index in [1.54, 1.807) is 11.8 Å². The molecule has 25 heavy (non-hydrogen) atoms. The van der Waals surface area contributed by atoms with Crippen molar-refractivity contribution in [2.75, 3.05) is 24.6 Å². The predicted octanol–water partition coefficient (Wildman–Crippen LogP) is 1.17. The highest BCUT2D eigenvalue weighted by Gasteiger charge is 2.28. The Kier molecular flexibility index (Phi) is 7.21. The minimum Gasteiger partial charge on any atom is -0.356 e. The highest BCUT2D eigenvalue weighted by atomic mass is 35.5. The Morgan fingerprint density at radius 3 is 2.52 bits per heavy atom. The molecular formula is C15H25ClN4O3S2. The summed E-state index contributed by atoms with van der Waals surface area (Å²) in [6.45, 7) is 1.03. The monoisotopic (exact) mass is 408 g/mol. The van der Waals surface area contributed by atoms with Crippen LogP contribution in [0, 0.1) is 0 Å². The molecule has 142 valence electrons. The number of nitrogens with zero attached hydrogens (tertiary/aromatic N) is 1. The summed E-state index contributed by atoms with van der Waals surface area (Å²) in [5, 5.41) is 2.96. The number of halogens is 1. The van der Waals surface area contributed by atoms with Gasteiger partial charge in [-0.2, -0.15) is 16.1 Å². The number of nitrogens with one attached hydrogen (secondary N) is 2. The van der Waals surface area contributed by atoms with Crippen molar-refractivity contribution in [1.29, 1.82) is 0 Å². The minimum absolute atomic E-state index is 0. The van der Waals surface area contributed by atoms with Crippen molar-refractivity contribution in [1.82, 2.24) is 14.6 Å². The molecular weight excluding hydrogens is 384 g/mol. The molecule has 0 spiro atoms. The molecule has 2 fully saturated rings. The number of H-pyrrole nitrogens is 1. The van der Waals surface area contributed by atoms with Crippen molar-refractivity contribution >= 4 is 40.1 Å². The van der Waals surface area contributed by atoms with Gasteiger partial charge in [0.25, 0.3) is 5.91 Å². The number of aromatic nitrogens is 1. The van der Waals surface area contributed by atoms with Crippen molar-refractivity contribution in [3.63, 3.8) is 0 Å². The molecule has 1 aliphatic carbocycles. The molecule has 10 heteroatoms. The third kappa shape index (κ3) is 4.91. The van der Waals surface area contributed by atoms with E-state index >= 15 is 0 Å². The van der Waals surface area contributed by atoms with Crippen LogP contribution in [0.5, 0.6) is 0 Å². The number of nitrogens with two attached hydrogens (primary N) is 1. The van der Waals surface area contributed by atoms with Crippen LogP contribution < -0.4 is 11.1 Å². The number of aromatic amines is 1. The first-order valence-electron chi connectivity index (χ1n) is 8.29. The molecule has 7 nitrogen and oxygen atoms in total. The van der Waals surface area contributed by atoms with Gasteiger partial charge in [-0.05, 0) is 31.7 Å². The van der Waals surface area contributed by atoms with Crippen LogP contribution in [0.2, 0.25) is 0 Å². The number of carbonyl (C=O) groups excluding carboxylic acids is 1. The normalized spacial score (nSPS) is 25.2. The lowest BCUT2D eigenvalue weighted by atomic mass is 9.92. The maximum atomic E-state index is 12.6. The van der Waals surface area contributed by atoms with Crippen LogP contribution >= 0.6 is 24.2 Å². The molecule has 0 bridgehead atoms. The largest absolute Gasteiger partial charge is 0.356 e. The first-order valence-corrected chi connectivity index (χ1v) is 10.9. The van der Waals surface area contributed by atoms with E-state index in [9.17, 15) is 13.2 Å². The lowest BCUT2D eigenvalue weighted by Crippen LogP contribution is -2.40. The van der Waals surface area contributed by atoms with E-state index in [0.29, 0.717) is 13.1 Å². The molecule has 1 saturated carbocycles. The van der Waals surface area contributed by atoms with Crippen molar-refractivity contribution < 1.29 is 13.2 Å². The number of thioether (sulfide) groups is 1. The second-order valence-corrected chi connectivity index (χ2v) is 9.51. The number of hydrogen-bond acceptors (Lipinski definition) is 5. The summed E-state index contributed by atoms with van der Waals surface area (Å²) >= 11 is 1.75. The van der Waals surface area contributed by atoms with Crippen LogP contribution in [-0.4, -0.2) is 60.3 Å². The summed E-state index contributed by atoms with van der Waals surface area (Å²) in [5.74, 6) is 1.35. The molecule has 1 aromatic heterocycles. The van der Waals surface area contributed by atoms with Crippen LogP contribution in [0.3, 0.4) is 0 Å². The first kappa shape index (κ1) is 20.6. The van der Waals surface area contributed by atoms with Crippen LogP contribution in [-0.2, 0) is 10.0 Å². The fourth-order valence-electron chi connectivity index (χ4n) is 3.12. The van der Waals surface area contributed by atoms with E-state index in [-0.39, 0.29) is 41.0 Å². The Morgan fingerprint density at radius 1 is 1.24 bits per heavy atom. The zero-order valence-corrected chi connectivity index (χ0v) is 16.4.